The van der Waals surface area contributed by atoms with E-state index < -0.39 is 12.0 Å². The third kappa shape index (κ3) is 5.06. The van der Waals surface area contributed by atoms with Gasteiger partial charge < -0.3 is 15.6 Å². The summed E-state index contributed by atoms with van der Waals surface area (Å²) in [6.07, 6.45) is 0.449. The lowest BCUT2D eigenvalue weighted by atomic mass is 10.4. The van der Waals surface area contributed by atoms with Gasteiger partial charge in [-0.05, 0) is 0 Å². The SMILES string of the molecule is N[C@@H](CS)C(=O)OCCCO. The number of hydrogen-bond donors (Lipinski definition) is 3. The zero-order chi connectivity index (χ0) is 8.69. The molecule has 0 bridgehead atoms. The van der Waals surface area contributed by atoms with Gasteiger partial charge in [0.05, 0.1) is 6.61 Å². The molecule has 0 spiro atoms. The van der Waals surface area contributed by atoms with Crippen molar-refractivity contribution in [2.45, 2.75) is 12.5 Å². The Morgan fingerprint density at radius 1 is 1.73 bits per heavy atom. The third-order valence-electron chi connectivity index (χ3n) is 1.05. The molecule has 0 aromatic heterocycles. The highest BCUT2D eigenvalue weighted by molar-refractivity contribution is 7.80. The lowest BCUT2D eigenvalue weighted by Crippen LogP contribution is -2.34. The average Bonchev–Trinajstić information content (AvgIpc) is 2.03. The Balaban J connectivity index is 3.36. The second-order valence-corrected chi connectivity index (χ2v) is 2.40. The highest BCUT2D eigenvalue weighted by Crippen LogP contribution is 1.89. The second-order valence-electron chi connectivity index (χ2n) is 2.03. The largest absolute Gasteiger partial charge is 0.464 e. The smallest absolute Gasteiger partial charge is 0.323 e. The van der Waals surface area contributed by atoms with Crippen LogP contribution in [-0.2, 0) is 9.53 Å². The summed E-state index contributed by atoms with van der Waals surface area (Å²) in [7, 11) is 0. The number of ether oxygens (including phenoxy) is 1. The van der Waals surface area contributed by atoms with Gasteiger partial charge in [-0.15, -0.1) is 0 Å². The van der Waals surface area contributed by atoms with E-state index in [1.807, 2.05) is 0 Å². The second kappa shape index (κ2) is 6.45. The van der Waals surface area contributed by atoms with E-state index in [-0.39, 0.29) is 19.0 Å². The molecule has 5 heteroatoms. The van der Waals surface area contributed by atoms with Crippen molar-refractivity contribution >= 4 is 18.6 Å². The molecule has 4 nitrogen and oxygen atoms in total. The van der Waals surface area contributed by atoms with Crippen LogP contribution in [-0.4, -0.2) is 36.1 Å². The zero-order valence-corrected chi connectivity index (χ0v) is 7.09. The minimum atomic E-state index is -0.656. The number of aliphatic hydroxyl groups excluding tert-OH is 1. The lowest BCUT2D eigenvalue weighted by Gasteiger charge is -2.07. The molecule has 0 aliphatic heterocycles. The van der Waals surface area contributed by atoms with Crippen molar-refractivity contribution < 1.29 is 14.6 Å². The topological polar surface area (TPSA) is 72.6 Å². The number of carbonyl (C=O) groups excluding carboxylic acids is 1. The molecule has 0 heterocycles. The van der Waals surface area contributed by atoms with E-state index in [9.17, 15) is 4.79 Å². The molecule has 0 radical (unpaired) electrons. The maximum absolute atomic E-state index is 10.8. The first kappa shape index (κ1) is 10.7. The quantitative estimate of drug-likeness (QED) is 0.292. The Kier molecular flexibility index (Phi) is 6.30. The van der Waals surface area contributed by atoms with Gasteiger partial charge in [-0.1, -0.05) is 0 Å². The van der Waals surface area contributed by atoms with Crippen molar-refractivity contribution in [1.29, 1.82) is 0 Å². The Morgan fingerprint density at radius 3 is 2.82 bits per heavy atom. The van der Waals surface area contributed by atoms with Crippen LogP contribution in [0.4, 0.5) is 0 Å². The minimum absolute atomic E-state index is 0.0173. The Bertz CT molecular complexity index is 120. The molecule has 1 atom stereocenters. The lowest BCUT2D eigenvalue weighted by molar-refractivity contribution is -0.144. The Morgan fingerprint density at radius 2 is 2.36 bits per heavy atom. The summed E-state index contributed by atoms with van der Waals surface area (Å²) in [5.41, 5.74) is 5.29. The molecule has 0 aliphatic carbocycles. The third-order valence-corrected chi connectivity index (χ3v) is 1.44. The molecular formula is C6H13NO3S. The van der Waals surface area contributed by atoms with E-state index in [0.29, 0.717) is 6.42 Å². The van der Waals surface area contributed by atoms with Crippen LogP contribution in [0.3, 0.4) is 0 Å². The molecule has 0 aliphatic rings. The summed E-state index contributed by atoms with van der Waals surface area (Å²) in [5.74, 6) is -0.189. The molecule has 0 rings (SSSR count). The predicted octanol–water partition coefficient (Wildman–Crippen LogP) is -0.831. The highest BCUT2D eigenvalue weighted by Gasteiger charge is 2.11. The fourth-order valence-electron chi connectivity index (χ4n) is 0.419. The van der Waals surface area contributed by atoms with Crippen LogP contribution in [0.2, 0.25) is 0 Å². The summed E-state index contributed by atoms with van der Waals surface area (Å²) in [6, 6.07) is -0.656. The molecule has 0 aromatic carbocycles. The van der Waals surface area contributed by atoms with Crippen LogP contribution >= 0.6 is 12.6 Å². The number of thiol groups is 1. The van der Waals surface area contributed by atoms with Crippen LogP contribution in [0, 0.1) is 0 Å². The van der Waals surface area contributed by atoms with Crippen LogP contribution < -0.4 is 5.73 Å². The number of hydrogen-bond acceptors (Lipinski definition) is 5. The van der Waals surface area contributed by atoms with E-state index >= 15 is 0 Å². The summed E-state index contributed by atoms with van der Waals surface area (Å²) in [4.78, 5) is 10.8. The summed E-state index contributed by atoms with van der Waals surface area (Å²) in [6.45, 7) is 0.236. The van der Waals surface area contributed by atoms with Crippen LogP contribution in [0.15, 0.2) is 0 Å². The fourth-order valence-corrected chi connectivity index (χ4v) is 0.568. The van der Waals surface area contributed by atoms with Crippen molar-refractivity contribution in [3.8, 4) is 0 Å². The number of esters is 1. The first-order chi connectivity index (χ1) is 5.22. The van der Waals surface area contributed by atoms with Crippen molar-refractivity contribution in [2.75, 3.05) is 19.0 Å². The van der Waals surface area contributed by atoms with Crippen molar-refractivity contribution in [3.05, 3.63) is 0 Å². The number of carbonyl (C=O) groups is 1. The van der Waals surface area contributed by atoms with Crippen molar-refractivity contribution in [3.63, 3.8) is 0 Å². The molecule has 11 heavy (non-hydrogen) atoms. The molecular weight excluding hydrogens is 166 g/mol. The van der Waals surface area contributed by atoms with Gasteiger partial charge in [0.2, 0.25) is 0 Å². The number of rotatable bonds is 5. The maximum atomic E-state index is 10.8. The molecule has 0 saturated carbocycles. The predicted molar refractivity (Wildman–Crippen MR) is 44.5 cm³/mol. The summed E-state index contributed by atoms with van der Waals surface area (Å²) < 4.78 is 4.66. The van der Waals surface area contributed by atoms with Gasteiger partial charge in [0.15, 0.2) is 0 Å². The van der Waals surface area contributed by atoms with E-state index in [0.717, 1.165) is 0 Å². The summed E-state index contributed by atoms with van der Waals surface area (Å²) in [5, 5.41) is 8.34. The van der Waals surface area contributed by atoms with E-state index in [1.165, 1.54) is 0 Å². The summed E-state index contributed by atoms with van der Waals surface area (Å²) >= 11 is 3.82. The highest BCUT2D eigenvalue weighted by atomic mass is 32.1. The minimum Gasteiger partial charge on any atom is -0.464 e. The van der Waals surface area contributed by atoms with E-state index in [4.69, 9.17) is 10.8 Å². The van der Waals surface area contributed by atoms with Crippen LogP contribution in [0.1, 0.15) is 6.42 Å². The molecule has 0 amide bonds. The molecule has 0 unspecified atom stereocenters. The van der Waals surface area contributed by atoms with Gasteiger partial charge in [-0.25, -0.2) is 0 Å². The Hall–Kier alpha value is -0.260. The number of aliphatic hydroxyl groups is 1. The van der Waals surface area contributed by atoms with Crippen LogP contribution in [0.25, 0.3) is 0 Å². The molecule has 0 fully saturated rings. The Labute approximate surface area is 71.1 Å². The van der Waals surface area contributed by atoms with E-state index in [1.54, 1.807) is 0 Å². The normalized spacial score (nSPS) is 12.6. The van der Waals surface area contributed by atoms with Gasteiger partial charge in [0.25, 0.3) is 0 Å². The zero-order valence-electron chi connectivity index (χ0n) is 6.19. The van der Waals surface area contributed by atoms with Gasteiger partial charge in [-0.3, -0.25) is 4.79 Å². The van der Waals surface area contributed by atoms with Gasteiger partial charge >= 0.3 is 5.97 Å². The standard InChI is InChI=1S/C6H13NO3S/c7-5(4-11)6(9)10-3-1-2-8/h5,8,11H,1-4,7H2/t5-/m0/s1. The first-order valence-electron chi connectivity index (χ1n) is 3.36. The molecule has 66 valence electrons. The fraction of sp³-hybridized carbons (Fsp3) is 0.833. The van der Waals surface area contributed by atoms with E-state index in [2.05, 4.69) is 17.4 Å². The van der Waals surface area contributed by atoms with Crippen molar-refractivity contribution in [1.82, 2.24) is 0 Å². The van der Waals surface area contributed by atoms with Gasteiger partial charge in [-0.2, -0.15) is 12.6 Å². The first-order valence-corrected chi connectivity index (χ1v) is 3.99. The van der Waals surface area contributed by atoms with Gasteiger partial charge in [0.1, 0.15) is 6.04 Å². The molecule has 0 aromatic rings. The molecule has 0 saturated heterocycles. The van der Waals surface area contributed by atoms with Crippen molar-refractivity contribution in [2.24, 2.45) is 5.73 Å². The monoisotopic (exact) mass is 179 g/mol. The number of nitrogens with two attached hydrogens (primary N) is 1. The molecule has 3 N–H and O–H groups in total. The van der Waals surface area contributed by atoms with Crippen LogP contribution in [0.5, 0.6) is 0 Å². The average molecular weight is 179 g/mol. The van der Waals surface area contributed by atoms with Gasteiger partial charge in [0, 0.05) is 18.8 Å². The maximum Gasteiger partial charge on any atom is 0.323 e.